The number of allylic oxidation sites excluding steroid dienone is 1. The maximum absolute atomic E-state index is 12.8. The Bertz CT molecular complexity index is 620. The highest BCUT2D eigenvalue weighted by Gasteiger charge is 2.68. The van der Waals surface area contributed by atoms with Crippen LogP contribution < -0.4 is 5.32 Å². The molecule has 4 fully saturated rings. The molecule has 1 saturated carbocycles. The van der Waals surface area contributed by atoms with Crippen LogP contribution in [-0.2, 0) is 9.53 Å². The molecule has 3 aliphatic heterocycles. The van der Waals surface area contributed by atoms with E-state index in [1.165, 1.54) is 12.0 Å². The Hall–Kier alpha value is -0.870. The monoisotopic (exact) mass is 360 g/mol. The van der Waals surface area contributed by atoms with Crippen LogP contribution >= 0.6 is 0 Å². The van der Waals surface area contributed by atoms with Crippen LogP contribution in [0.15, 0.2) is 11.6 Å². The average molecular weight is 361 g/mol. The molecule has 4 rings (SSSR count). The standard InChI is InChI=1S/C22H36N2O2/c1-14(2)8-10-24-12-16-15(17-7-9-22(16,13-24)26-17)11-23-19(25)18-20(3,4)21(18,5)6/h8,15-18H,7,9-13H2,1-6H3,(H,23,25)/t15-,16+,17+,22+/m0/s1. The summed E-state index contributed by atoms with van der Waals surface area (Å²) in [5.41, 5.74) is 1.66. The lowest BCUT2D eigenvalue weighted by Gasteiger charge is -2.29. The lowest BCUT2D eigenvalue weighted by Crippen LogP contribution is -2.42. The molecule has 3 heterocycles. The smallest absolute Gasteiger partial charge is 0.224 e. The minimum absolute atomic E-state index is 0.0632. The topological polar surface area (TPSA) is 41.6 Å². The number of nitrogens with zero attached hydrogens (tertiary/aromatic N) is 1. The Balaban J connectivity index is 1.38. The van der Waals surface area contributed by atoms with Crippen LogP contribution in [0.3, 0.4) is 0 Å². The predicted molar refractivity (Wildman–Crippen MR) is 104 cm³/mol. The molecule has 0 unspecified atom stereocenters. The molecule has 1 N–H and O–H groups in total. The fraction of sp³-hybridized carbons (Fsp3) is 0.864. The average Bonchev–Trinajstić information content (AvgIpc) is 2.99. The highest BCUT2D eigenvalue weighted by atomic mass is 16.5. The van der Waals surface area contributed by atoms with Gasteiger partial charge in [0.2, 0.25) is 5.91 Å². The molecule has 4 heteroatoms. The van der Waals surface area contributed by atoms with Gasteiger partial charge in [0.1, 0.15) is 0 Å². The highest BCUT2D eigenvalue weighted by Crippen LogP contribution is 2.68. The summed E-state index contributed by atoms with van der Waals surface area (Å²) in [5, 5.41) is 3.31. The summed E-state index contributed by atoms with van der Waals surface area (Å²) in [6.07, 6.45) is 5.03. The van der Waals surface area contributed by atoms with Crippen LogP contribution in [0.2, 0.25) is 0 Å². The molecule has 0 aromatic carbocycles. The molecular weight excluding hydrogens is 324 g/mol. The Morgan fingerprint density at radius 3 is 2.54 bits per heavy atom. The first kappa shape index (κ1) is 18.5. The van der Waals surface area contributed by atoms with E-state index in [4.69, 9.17) is 4.74 Å². The van der Waals surface area contributed by atoms with Crippen molar-refractivity contribution >= 4 is 5.91 Å². The first-order chi connectivity index (χ1) is 12.1. The molecule has 146 valence electrons. The minimum atomic E-state index is 0.0632. The second-order valence-electron chi connectivity index (χ2n) is 10.6. The minimum Gasteiger partial charge on any atom is -0.370 e. The summed E-state index contributed by atoms with van der Waals surface area (Å²) < 4.78 is 6.51. The zero-order valence-electron chi connectivity index (χ0n) is 17.4. The number of hydrogen-bond donors (Lipinski definition) is 1. The van der Waals surface area contributed by atoms with E-state index in [0.717, 1.165) is 32.6 Å². The van der Waals surface area contributed by atoms with Gasteiger partial charge in [-0.3, -0.25) is 9.69 Å². The van der Waals surface area contributed by atoms with Crippen LogP contribution in [0.25, 0.3) is 0 Å². The van der Waals surface area contributed by atoms with Gasteiger partial charge in [-0.1, -0.05) is 39.3 Å². The maximum Gasteiger partial charge on any atom is 0.224 e. The Kier molecular flexibility index (Phi) is 4.13. The van der Waals surface area contributed by atoms with Gasteiger partial charge in [0.15, 0.2) is 0 Å². The van der Waals surface area contributed by atoms with E-state index in [9.17, 15) is 4.79 Å². The quantitative estimate of drug-likeness (QED) is 0.766. The van der Waals surface area contributed by atoms with E-state index < -0.39 is 0 Å². The van der Waals surface area contributed by atoms with Crippen LogP contribution in [0, 0.1) is 28.6 Å². The Morgan fingerprint density at radius 1 is 1.23 bits per heavy atom. The lowest BCUT2D eigenvalue weighted by molar-refractivity contribution is -0.123. The van der Waals surface area contributed by atoms with Gasteiger partial charge in [0.25, 0.3) is 0 Å². The summed E-state index contributed by atoms with van der Waals surface area (Å²) in [4.78, 5) is 15.3. The third-order valence-electron chi connectivity index (χ3n) is 8.41. The summed E-state index contributed by atoms with van der Waals surface area (Å²) in [5.74, 6) is 1.44. The van der Waals surface area contributed by atoms with Crippen molar-refractivity contribution in [2.24, 2.45) is 28.6 Å². The van der Waals surface area contributed by atoms with Crippen molar-refractivity contribution < 1.29 is 9.53 Å². The molecule has 0 radical (unpaired) electrons. The van der Waals surface area contributed by atoms with E-state index >= 15 is 0 Å². The number of carbonyl (C=O) groups is 1. The normalized spacial score (nSPS) is 39.7. The van der Waals surface area contributed by atoms with Gasteiger partial charge < -0.3 is 10.1 Å². The van der Waals surface area contributed by atoms with Crippen LogP contribution in [0.4, 0.5) is 0 Å². The van der Waals surface area contributed by atoms with Crippen molar-refractivity contribution in [2.45, 2.75) is 66.1 Å². The number of amides is 1. The number of carbonyl (C=O) groups excluding carboxylic acids is 1. The zero-order chi connectivity index (χ0) is 18.9. The van der Waals surface area contributed by atoms with Crippen LogP contribution in [-0.4, -0.2) is 48.7 Å². The molecule has 1 aliphatic carbocycles. The van der Waals surface area contributed by atoms with Crippen LogP contribution in [0.1, 0.15) is 54.4 Å². The van der Waals surface area contributed by atoms with Crippen LogP contribution in [0.5, 0.6) is 0 Å². The largest absolute Gasteiger partial charge is 0.370 e. The fourth-order valence-corrected chi connectivity index (χ4v) is 6.18. The van der Waals surface area contributed by atoms with Gasteiger partial charge >= 0.3 is 0 Å². The second-order valence-corrected chi connectivity index (χ2v) is 10.6. The fourth-order valence-electron chi connectivity index (χ4n) is 6.18. The number of likely N-dealkylation sites (tertiary alicyclic amines) is 1. The first-order valence-electron chi connectivity index (χ1n) is 10.4. The van der Waals surface area contributed by atoms with Gasteiger partial charge in [-0.05, 0) is 37.5 Å². The van der Waals surface area contributed by atoms with Crippen molar-refractivity contribution in [2.75, 3.05) is 26.2 Å². The molecule has 4 nitrogen and oxygen atoms in total. The van der Waals surface area contributed by atoms with Gasteiger partial charge in [-0.25, -0.2) is 0 Å². The van der Waals surface area contributed by atoms with E-state index in [0.29, 0.717) is 17.9 Å². The summed E-state index contributed by atoms with van der Waals surface area (Å²) >= 11 is 0. The van der Waals surface area contributed by atoms with E-state index in [1.807, 2.05) is 0 Å². The summed E-state index contributed by atoms with van der Waals surface area (Å²) in [6.45, 7) is 17.2. The van der Waals surface area contributed by atoms with E-state index in [-0.39, 0.29) is 28.3 Å². The first-order valence-corrected chi connectivity index (χ1v) is 10.4. The number of hydrogen-bond acceptors (Lipinski definition) is 3. The molecule has 3 saturated heterocycles. The second kappa shape index (κ2) is 5.81. The van der Waals surface area contributed by atoms with Crippen molar-refractivity contribution in [3.05, 3.63) is 11.6 Å². The molecule has 0 aromatic heterocycles. The molecule has 2 bridgehead atoms. The lowest BCUT2D eigenvalue weighted by atomic mass is 9.73. The maximum atomic E-state index is 12.8. The predicted octanol–water partition coefficient (Wildman–Crippen LogP) is 3.23. The van der Waals surface area contributed by atoms with Crippen molar-refractivity contribution in [1.29, 1.82) is 0 Å². The molecule has 26 heavy (non-hydrogen) atoms. The van der Waals surface area contributed by atoms with Crippen molar-refractivity contribution in [3.8, 4) is 0 Å². The van der Waals surface area contributed by atoms with Gasteiger partial charge in [-0.2, -0.15) is 0 Å². The van der Waals surface area contributed by atoms with Crippen molar-refractivity contribution in [3.63, 3.8) is 0 Å². The Labute approximate surface area is 158 Å². The van der Waals surface area contributed by atoms with E-state index in [2.05, 4.69) is 57.8 Å². The molecule has 1 spiro atoms. The van der Waals surface area contributed by atoms with Gasteiger partial charge in [-0.15, -0.1) is 0 Å². The molecule has 0 aromatic rings. The highest BCUT2D eigenvalue weighted by molar-refractivity contribution is 5.84. The number of rotatable bonds is 5. The molecule has 1 amide bonds. The number of fused-ring (bicyclic) bond motifs is 1. The van der Waals surface area contributed by atoms with E-state index in [1.54, 1.807) is 0 Å². The van der Waals surface area contributed by atoms with Crippen molar-refractivity contribution in [1.82, 2.24) is 10.2 Å². The molecule has 4 atom stereocenters. The SMILES string of the molecule is CC(C)=CCN1C[C@@H]2[C@H](CNC(=O)C3C(C)(C)C3(C)C)[C@H]3CC[C@]2(C1)O3. The van der Waals surface area contributed by atoms with Gasteiger partial charge in [0.05, 0.1) is 11.7 Å². The number of nitrogens with one attached hydrogen (secondary N) is 1. The third-order valence-corrected chi connectivity index (χ3v) is 8.41. The summed E-state index contributed by atoms with van der Waals surface area (Å²) in [6, 6.07) is 0. The summed E-state index contributed by atoms with van der Waals surface area (Å²) in [7, 11) is 0. The zero-order valence-corrected chi connectivity index (χ0v) is 17.4. The molecular formula is C22H36N2O2. The van der Waals surface area contributed by atoms with Gasteiger partial charge in [0, 0.05) is 43.9 Å². The number of ether oxygens (including phenoxy) is 1. The third kappa shape index (κ3) is 2.59. The molecule has 4 aliphatic rings. The Morgan fingerprint density at radius 2 is 1.92 bits per heavy atom.